The molecule has 3 aromatic rings. The molecule has 0 aliphatic carbocycles. The Morgan fingerprint density at radius 2 is 1.90 bits per heavy atom. The standard InChI is InChI=1S/C22H23FN4O3S/c23-16-2-1-3-19-20(16)25-22(31-19)27-10-8-26(9-11-27)7-6-24-21(28)15-4-5-17-18(14-15)30-13-12-29-17/h1-5,14H,6-13H2,(H,24,28). The Bertz CT molecular complexity index is 1100. The van der Waals surface area contributed by atoms with Crippen molar-refractivity contribution < 1.29 is 18.7 Å². The second-order valence-electron chi connectivity index (χ2n) is 7.53. The Kier molecular flexibility index (Phi) is 5.61. The summed E-state index contributed by atoms with van der Waals surface area (Å²) in [6.45, 7) is 5.78. The molecule has 2 aromatic carbocycles. The summed E-state index contributed by atoms with van der Waals surface area (Å²) in [5, 5.41) is 3.84. The van der Waals surface area contributed by atoms with E-state index in [0.717, 1.165) is 42.6 Å². The van der Waals surface area contributed by atoms with Gasteiger partial charge < -0.3 is 19.7 Å². The summed E-state index contributed by atoms with van der Waals surface area (Å²) in [6.07, 6.45) is 0. The number of anilines is 1. The summed E-state index contributed by atoms with van der Waals surface area (Å²) < 4.78 is 25.8. The van der Waals surface area contributed by atoms with Crippen LogP contribution in [-0.2, 0) is 0 Å². The van der Waals surface area contributed by atoms with Gasteiger partial charge in [0, 0.05) is 44.8 Å². The number of thiazole rings is 1. The molecule has 0 saturated carbocycles. The SMILES string of the molecule is O=C(NCCN1CCN(c2nc3c(F)cccc3s2)CC1)c1ccc2c(c1)OCCO2. The predicted molar refractivity (Wildman–Crippen MR) is 118 cm³/mol. The maximum Gasteiger partial charge on any atom is 0.251 e. The molecule has 9 heteroatoms. The van der Waals surface area contributed by atoms with Gasteiger partial charge in [0.2, 0.25) is 0 Å². The zero-order chi connectivity index (χ0) is 21.2. The third kappa shape index (κ3) is 4.28. The van der Waals surface area contributed by atoms with Crippen LogP contribution in [0.4, 0.5) is 9.52 Å². The number of ether oxygens (including phenoxy) is 2. The van der Waals surface area contributed by atoms with Crippen LogP contribution in [0.15, 0.2) is 36.4 Å². The van der Waals surface area contributed by atoms with Crippen molar-refractivity contribution in [3.05, 3.63) is 47.8 Å². The zero-order valence-electron chi connectivity index (χ0n) is 17.0. The summed E-state index contributed by atoms with van der Waals surface area (Å²) in [5.41, 5.74) is 1.02. The lowest BCUT2D eigenvalue weighted by Crippen LogP contribution is -2.48. The van der Waals surface area contributed by atoms with Gasteiger partial charge in [-0.2, -0.15) is 0 Å². The number of fused-ring (bicyclic) bond motifs is 2. The Morgan fingerprint density at radius 1 is 1.10 bits per heavy atom. The van der Waals surface area contributed by atoms with Gasteiger partial charge in [-0.15, -0.1) is 0 Å². The monoisotopic (exact) mass is 442 g/mol. The molecule has 1 aromatic heterocycles. The molecular formula is C22H23FN4O3S. The fourth-order valence-corrected chi connectivity index (χ4v) is 4.85. The van der Waals surface area contributed by atoms with E-state index in [1.807, 2.05) is 6.07 Å². The minimum atomic E-state index is -0.271. The molecule has 5 rings (SSSR count). The number of halogens is 1. The summed E-state index contributed by atoms with van der Waals surface area (Å²) in [4.78, 5) is 21.5. The van der Waals surface area contributed by atoms with Crippen molar-refractivity contribution in [1.82, 2.24) is 15.2 Å². The maximum atomic E-state index is 13.9. The van der Waals surface area contributed by atoms with Crippen LogP contribution in [0, 0.1) is 5.82 Å². The fraction of sp³-hybridized carbons (Fsp3) is 0.364. The molecule has 1 saturated heterocycles. The Morgan fingerprint density at radius 3 is 2.71 bits per heavy atom. The molecule has 7 nitrogen and oxygen atoms in total. The first-order valence-corrected chi connectivity index (χ1v) is 11.2. The molecule has 2 aliphatic heterocycles. The molecule has 1 fully saturated rings. The van der Waals surface area contributed by atoms with Crippen molar-refractivity contribution in [2.24, 2.45) is 0 Å². The first-order valence-electron chi connectivity index (χ1n) is 10.4. The molecule has 0 spiro atoms. The third-order valence-corrected chi connectivity index (χ3v) is 6.60. The predicted octanol–water partition coefficient (Wildman–Crippen LogP) is 2.76. The highest BCUT2D eigenvalue weighted by atomic mass is 32.1. The molecule has 3 heterocycles. The van der Waals surface area contributed by atoms with Gasteiger partial charge in [0.15, 0.2) is 16.6 Å². The number of hydrogen-bond donors (Lipinski definition) is 1. The fourth-order valence-electron chi connectivity index (χ4n) is 3.82. The van der Waals surface area contributed by atoms with E-state index in [2.05, 4.69) is 20.1 Å². The van der Waals surface area contributed by atoms with E-state index in [1.165, 1.54) is 17.4 Å². The molecule has 1 N–H and O–H groups in total. The zero-order valence-corrected chi connectivity index (χ0v) is 17.8. The van der Waals surface area contributed by atoms with E-state index in [0.29, 0.717) is 42.3 Å². The number of amides is 1. The number of nitrogens with one attached hydrogen (secondary N) is 1. The molecule has 1 amide bonds. The molecule has 0 atom stereocenters. The minimum absolute atomic E-state index is 0.118. The van der Waals surface area contributed by atoms with Gasteiger partial charge in [0.25, 0.3) is 5.91 Å². The number of rotatable bonds is 5. The Hall–Kier alpha value is -2.91. The van der Waals surface area contributed by atoms with Crippen molar-refractivity contribution in [1.29, 1.82) is 0 Å². The number of carbonyl (C=O) groups excluding carboxylic acids is 1. The summed E-state index contributed by atoms with van der Waals surface area (Å²) in [6, 6.07) is 10.3. The minimum Gasteiger partial charge on any atom is -0.486 e. The van der Waals surface area contributed by atoms with Gasteiger partial charge in [0.05, 0.1) is 4.70 Å². The van der Waals surface area contributed by atoms with E-state index < -0.39 is 0 Å². The van der Waals surface area contributed by atoms with E-state index in [4.69, 9.17) is 9.47 Å². The van der Waals surface area contributed by atoms with Gasteiger partial charge >= 0.3 is 0 Å². The summed E-state index contributed by atoms with van der Waals surface area (Å²) >= 11 is 1.53. The molecule has 0 radical (unpaired) electrons. The normalized spacial score (nSPS) is 16.5. The van der Waals surface area contributed by atoms with Crippen LogP contribution in [0.1, 0.15) is 10.4 Å². The second kappa shape index (κ2) is 8.68. The Balaban J connectivity index is 1.10. The van der Waals surface area contributed by atoms with Gasteiger partial charge in [-0.3, -0.25) is 9.69 Å². The molecule has 31 heavy (non-hydrogen) atoms. The summed E-state index contributed by atoms with van der Waals surface area (Å²) in [5.74, 6) is 0.904. The van der Waals surface area contributed by atoms with E-state index >= 15 is 0 Å². The first-order chi connectivity index (χ1) is 15.2. The molecule has 2 aliphatic rings. The molecule has 0 bridgehead atoms. The van der Waals surface area contributed by atoms with Crippen molar-refractivity contribution in [2.45, 2.75) is 0 Å². The van der Waals surface area contributed by atoms with Crippen LogP contribution in [0.25, 0.3) is 10.2 Å². The molecule has 0 unspecified atom stereocenters. The first kappa shape index (κ1) is 20.0. The highest BCUT2D eigenvalue weighted by Gasteiger charge is 2.21. The average Bonchev–Trinajstić information content (AvgIpc) is 3.25. The van der Waals surface area contributed by atoms with Crippen LogP contribution in [0.5, 0.6) is 11.5 Å². The van der Waals surface area contributed by atoms with Crippen LogP contribution >= 0.6 is 11.3 Å². The van der Waals surface area contributed by atoms with Gasteiger partial charge in [-0.1, -0.05) is 17.4 Å². The van der Waals surface area contributed by atoms with E-state index in [-0.39, 0.29) is 11.7 Å². The molecule has 162 valence electrons. The lowest BCUT2D eigenvalue weighted by molar-refractivity contribution is 0.0946. The van der Waals surface area contributed by atoms with Crippen LogP contribution < -0.4 is 19.7 Å². The van der Waals surface area contributed by atoms with Crippen molar-refractivity contribution in [2.75, 3.05) is 57.4 Å². The number of carbonyl (C=O) groups is 1. The smallest absolute Gasteiger partial charge is 0.251 e. The Labute approximate surface area is 183 Å². The van der Waals surface area contributed by atoms with Crippen molar-refractivity contribution in [3.63, 3.8) is 0 Å². The third-order valence-electron chi connectivity index (χ3n) is 5.52. The van der Waals surface area contributed by atoms with Gasteiger partial charge in [-0.25, -0.2) is 9.37 Å². The van der Waals surface area contributed by atoms with Crippen LogP contribution in [0.2, 0.25) is 0 Å². The van der Waals surface area contributed by atoms with Gasteiger partial charge in [-0.05, 0) is 30.3 Å². The van der Waals surface area contributed by atoms with E-state index in [9.17, 15) is 9.18 Å². The number of hydrogen-bond acceptors (Lipinski definition) is 7. The van der Waals surface area contributed by atoms with Crippen LogP contribution in [-0.4, -0.2) is 68.3 Å². The number of piperazine rings is 1. The van der Waals surface area contributed by atoms with Gasteiger partial charge in [0.1, 0.15) is 24.5 Å². The number of para-hydroxylation sites is 1. The molecular weight excluding hydrogens is 419 g/mol. The van der Waals surface area contributed by atoms with Crippen LogP contribution in [0.3, 0.4) is 0 Å². The second-order valence-corrected chi connectivity index (χ2v) is 8.54. The lowest BCUT2D eigenvalue weighted by atomic mass is 10.2. The average molecular weight is 443 g/mol. The van der Waals surface area contributed by atoms with Crippen molar-refractivity contribution >= 4 is 32.6 Å². The number of aromatic nitrogens is 1. The highest BCUT2D eigenvalue weighted by molar-refractivity contribution is 7.22. The number of nitrogens with zero attached hydrogens (tertiary/aromatic N) is 3. The lowest BCUT2D eigenvalue weighted by Gasteiger charge is -2.34. The summed E-state index contributed by atoms with van der Waals surface area (Å²) in [7, 11) is 0. The largest absolute Gasteiger partial charge is 0.486 e. The highest BCUT2D eigenvalue weighted by Crippen LogP contribution is 2.31. The number of benzene rings is 2. The van der Waals surface area contributed by atoms with E-state index in [1.54, 1.807) is 24.3 Å². The topological polar surface area (TPSA) is 66.9 Å². The van der Waals surface area contributed by atoms with Crippen molar-refractivity contribution in [3.8, 4) is 11.5 Å². The maximum absolute atomic E-state index is 13.9. The quantitative estimate of drug-likeness (QED) is 0.656.